The van der Waals surface area contributed by atoms with E-state index in [1.165, 1.54) is 50.6 Å². The van der Waals surface area contributed by atoms with Crippen molar-refractivity contribution in [1.29, 1.82) is 0 Å². The molecule has 30 heavy (non-hydrogen) atoms. The molecule has 0 aliphatic carbocycles. The van der Waals surface area contributed by atoms with Crippen LogP contribution >= 0.6 is 23.2 Å². The second-order valence-corrected chi connectivity index (χ2v) is 6.78. The van der Waals surface area contributed by atoms with E-state index in [-0.39, 0.29) is 27.9 Å². The standard InChI is InChI=1S/C19H14Cl2F3N3O3/c1-29-15-8-16(30-2)14(7-13(15)21)26-18(28)12-9-25-27(17(12)19(22,23)24)11-5-3-10(20)4-6-11/h3-9H,1-2H3,(H,26,28). The number of alkyl halides is 3. The Kier molecular flexibility index (Phi) is 6.14. The Hall–Kier alpha value is -2.91. The Bertz CT molecular complexity index is 1080. The van der Waals surface area contributed by atoms with Crippen molar-refractivity contribution in [2.24, 2.45) is 0 Å². The summed E-state index contributed by atoms with van der Waals surface area (Å²) in [5.74, 6) is -0.608. The number of hydrogen-bond donors (Lipinski definition) is 1. The SMILES string of the molecule is COc1cc(OC)c(NC(=O)c2cnn(-c3ccc(Cl)cc3)c2C(F)(F)F)cc1Cl. The van der Waals surface area contributed by atoms with Gasteiger partial charge in [0.1, 0.15) is 11.5 Å². The fraction of sp³-hybridized carbons (Fsp3) is 0.158. The van der Waals surface area contributed by atoms with Crippen LogP contribution in [0.1, 0.15) is 16.1 Å². The highest BCUT2D eigenvalue weighted by Gasteiger charge is 2.40. The molecule has 3 rings (SSSR count). The van der Waals surface area contributed by atoms with Gasteiger partial charge in [0.25, 0.3) is 5.91 Å². The first-order valence-corrected chi connectivity index (χ1v) is 9.05. The monoisotopic (exact) mass is 459 g/mol. The van der Waals surface area contributed by atoms with Crippen LogP contribution in [-0.4, -0.2) is 29.9 Å². The zero-order valence-corrected chi connectivity index (χ0v) is 17.1. The Morgan fingerprint density at radius 3 is 2.27 bits per heavy atom. The second-order valence-electron chi connectivity index (χ2n) is 5.93. The first-order chi connectivity index (χ1) is 14.2. The van der Waals surface area contributed by atoms with Gasteiger partial charge in [-0.3, -0.25) is 4.79 Å². The zero-order valence-electron chi connectivity index (χ0n) is 15.6. The third-order valence-electron chi connectivity index (χ3n) is 4.08. The lowest BCUT2D eigenvalue weighted by Gasteiger charge is -2.15. The van der Waals surface area contributed by atoms with Gasteiger partial charge in [0.15, 0.2) is 5.69 Å². The Balaban J connectivity index is 2.03. The van der Waals surface area contributed by atoms with Gasteiger partial charge in [-0.1, -0.05) is 23.2 Å². The van der Waals surface area contributed by atoms with Gasteiger partial charge in [0.05, 0.1) is 42.4 Å². The minimum Gasteiger partial charge on any atom is -0.495 e. The molecule has 0 bridgehead atoms. The highest BCUT2D eigenvalue weighted by molar-refractivity contribution is 6.32. The summed E-state index contributed by atoms with van der Waals surface area (Å²) in [6.45, 7) is 0. The number of aromatic nitrogens is 2. The van der Waals surface area contributed by atoms with E-state index in [1.807, 2.05) is 0 Å². The summed E-state index contributed by atoms with van der Waals surface area (Å²) in [5.41, 5.74) is -1.75. The fourth-order valence-electron chi connectivity index (χ4n) is 2.71. The number of halogens is 5. The van der Waals surface area contributed by atoms with Gasteiger partial charge in [0, 0.05) is 11.1 Å². The number of ether oxygens (including phenoxy) is 2. The number of amides is 1. The van der Waals surface area contributed by atoms with Crippen LogP contribution in [0.4, 0.5) is 18.9 Å². The van der Waals surface area contributed by atoms with Gasteiger partial charge in [-0.2, -0.15) is 18.3 Å². The average molecular weight is 460 g/mol. The normalized spacial score (nSPS) is 11.3. The third kappa shape index (κ3) is 4.31. The molecular weight excluding hydrogens is 446 g/mol. The molecule has 1 heterocycles. The Morgan fingerprint density at radius 2 is 1.70 bits per heavy atom. The molecule has 0 fully saturated rings. The van der Waals surface area contributed by atoms with Crippen LogP contribution in [0, 0.1) is 0 Å². The van der Waals surface area contributed by atoms with E-state index >= 15 is 0 Å². The summed E-state index contributed by atoms with van der Waals surface area (Å²) in [7, 11) is 2.72. The molecule has 158 valence electrons. The number of methoxy groups -OCH3 is 2. The molecule has 0 aliphatic rings. The van der Waals surface area contributed by atoms with Crippen molar-refractivity contribution in [3.8, 4) is 17.2 Å². The molecule has 1 amide bonds. The van der Waals surface area contributed by atoms with Gasteiger partial charge in [-0.25, -0.2) is 4.68 Å². The number of benzene rings is 2. The van der Waals surface area contributed by atoms with Crippen LogP contribution in [-0.2, 0) is 6.18 Å². The third-order valence-corrected chi connectivity index (χ3v) is 4.62. The minimum atomic E-state index is -4.86. The van der Waals surface area contributed by atoms with E-state index < -0.39 is 23.3 Å². The number of carbonyl (C=O) groups is 1. The topological polar surface area (TPSA) is 65.4 Å². The number of rotatable bonds is 5. The summed E-state index contributed by atoms with van der Waals surface area (Å²) in [4.78, 5) is 12.7. The lowest BCUT2D eigenvalue weighted by atomic mass is 10.2. The van der Waals surface area contributed by atoms with Crippen LogP contribution in [0.3, 0.4) is 0 Å². The Morgan fingerprint density at radius 1 is 1.07 bits per heavy atom. The molecule has 0 saturated heterocycles. The van der Waals surface area contributed by atoms with Gasteiger partial charge < -0.3 is 14.8 Å². The second kappa shape index (κ2) is 8.45. The molecule has 6 nitrogen and oxygen atoms in total. The van der Waals surface area contributed by atoms with Crippen molar-refractivity contribution in [3.63, 3.8) is 0 Å². The predicted molar refractivity (Wildman–Crippen MR) is 106 cm³/mol. The molecule has 11 heteroatoms. The van der Waals surface area contributed by atoms with Crippen molar-refractivity contribution in [2.75, 3.05) is 19.5 Å². The van der Waals surface area contributed by atoms with Crippen molar-refractivity contribution in [3.05, 3.63) is 63.9 Å². The molecule has 0 aliphatic heterocycles. The molecular formula is C19H14Cl2F3N3O3. The molecule has 2 aromatic carbocycles. The maximum atomic E-state index is 13.8. The Labute approximate surface area is 179 Å². The van der Waals surface area contributed by atoms with Crippen molar-refractivity contribution in [1.82, 2.24) is 9.78 Å². The molecule has 0 radical (unpaired) electrons. The fourth-order valence-corrected chi connectivity index (χ4v) is 3.08. The minimum absolute atomic E-state index is 0.0701. The number of nitrogens with one attached hydrogen (secondary N) is 1. The summed E-state index contributed by atoms with van der Waals surface area (Å²) >= 11 is 11.8. The van der Waals surface area contributed by atoms with E-state index in [0.29, 0.717) is 9.70 Å². The molecule has 1 N–H and O–H groups in total. The van der Waals surface area contributed by atoms with E-state index in [1.54, 1.807) is 0 Å². The van der Waals surface area contributed by atoms with Crippen LogP contribution < -0.4 is 14.8 Å². The first-order valence-electron chi connectivity index (χ1n) is 8.29. The van der Waals surface area contributed by atoms with Crippen molar-refractivity contribution < 1.29 is 27.4 Å². The predicted octanol–water partition coefficient (Wildman–Crippen LogP) is 5.47. The largest absolute Gasteiger partial charge is 0.495 e. The number of hydrogen-bond acceptors (Lipinski definition) is 4. The lowest BCUT2D eigenvalue weighted by molar-refractivity contribution is -0.143. The van der Waals surface area contributed by atoms with E-state index in [0.717, 1.165) is 6.20 Å². The molecule has 0 saturated carbocycles. The summed E-state index contributed by atoms with van der Waals surface area (Å²) in [5, 5.41) is 6.61. The zero-order chi connectivity index (χ0) is 22.1. The highest BCUT2D eigenvalue weighted by Crippen LogP contribution is 2.37. The molecule has 0 atom stereocenters. The number of carbonyl (C=O) groups excluding carboxylic acids is 1. The maximum Gasteiger partial charge on any atom is 0.434 e. The summed E-state index contributed by atoms with van der Waals surface area (Å²) < 4.78 is 52.2. The molecule has 1 aromatic heterocycles. The van der Waals surface area contributed by atoms with Gasteiger partial charge >= 0.3 is 6.18 Å². The molecule has 3 aromatic rings. The molecule has 0 unspecified atom stereocenters. The van der Waals surface area contributed by atoms with Crippen molar-refractivity contribution >= 4 is 34.8 Å². The maximum absolute atomic E-state index is 13.8. The van der Waals surface area contributed by atoms with Crippen LogP contribution in [0.2, 0.25) is 10.0 Å². The summed E-state index contributed by atoms with van der Waals surface area (Å²) in [6, 6.07) is 8.27. The van der Waals surface area contributed by atoms with Crippen LogP contribution in [0.25, 0.3) is 5.69 Å². The van der Waals surface area contributed by atoms with E-state index in [9.17, 15) is 18.0 Å². The average Bonchev–Trinajstić information content (AvgIpc) is 3.14. The van der Waals surface area contributed by atoms with E-state index in [2.05, 4.69) is 10.4 Å². The lowest BCUT2D eigenvalue weighted by Crippen LogP contribution is -2.21. The molecule has 0 spiro atoms. The van der Waals surface area contributed by atoms with Gasteiger partial charge in [-0.05, 0) is 30.3 Å². The van der Waals surface area contributed by atoms with Crippen molar-refractivity contribution in [2.45, 2.75) is 6.18 Å². The first kappa shape index (κ1) is 21.8. The quantitative estimate of drug-likeness (QED) is 0.549. The van der Waals surface area contributed by atoms with E-state index in [4.69, 9.17) is 32.7 Å². The number of nitrogens with zero attached hydrogens (tertiary/aromatic N) is 2. The highest BCUT2D eigenvalue weighted by atomic mass is 35.5. The summed E-state index contributed by atoms with van der Waals surface area (Å²) in [6.07, 6.45) is -4.02. The van der Waals surface area contributed by atoms with Crippen LogP contribution in [0.5, 0.6) is 11.5 Å². The smallest absolute Gasteiger partial charge is 0.434 e. The van der Waals surface area contributed by atoms with Crippen LogP contribution in [0.15, 0.2) is 42.6 Å². The number of anilines is 1. The van der Waals surface area contributed by atoms with Gasteiger partial charge in [-0.15, -0.1) is 0 Å². The van der Waals surface area contributed by atoms with Gasteiger partial charge in [0.2, 0.25) is 0 Å².